The van der Waals surface area contributed by atoms with Gasteiger partial charge in [0.25, 0.3) is 0 Å². The smallest absolute Gasteiger partial charge is 0.161 e. The second kappa shape index (κ2) is 7.66. The Kier molecular flexibility index (Phi) is 5.88. The highest BCUT2D eigenvalue weighted by Crippen LogP contribution is 2.28. The summed E-state index contributed by atoms with van der Waals surface area (Å²) in [7, 11) is 0. The molecule has 1 fully saturated rings. The van der Waals surface area contributed by atoms with Crippen molar-refractivity contribution in [1.29, 1.82) is 0 Å². The average molecular weight is 293 g/mol. The van der Waals surface area contributed by atoms with Crippen LogP contribution in [-0.2, 0) is 6.54 Å². The van der Waals surface area contributed by atoms with E-state index in [0.29, 0.717) is 25.4 Å². The SMILES string of the molecule is CCOc1cc(CNCC2(O)CCCCCC2)ccc1O. The molecule has 0 radical (unpaired) electrons. The fourth-order valence-electron chi connectivity index (χ4n) is 2.94. The van der Waals surface area contributed by atoms with Crippen LogP contribution in [0.15, 0.2) is 18.2 Å². The number of benzene rings is 1. The van der Waals surface area contributed by atoms with Gasteiger partial charge in [0.1, 0.15) is 0 Å². The lowest BCUT2D eigenvalue weighted by Crippen LogP contribution is -2.39. The Morgan fingerprint density at radius 2 is 1.90 bits per heavy atom. The third kappa shape index (κ3) is 4.90. The maximum Gasteiger partial charge on any atom is 0.161 e. The molecule has 1 aromatic carbocycles. The van der Waals surface area contributed by atoms with Gasteiger partial charge >= 0.3 is 0 Å². The van der Waals surface area contributed by atoms with Crippen molar-refractivity contribution in [3.8, 4) is 11.5 Å². The van der Waals surface area contributed by atoms with Crippen molar-refractivity contribution in [2.24, 2.45) is 0 Å². The Balaban J connectivity index is 1.86. The molecule has 118 valence electrons. The molecule has 4 nitrogen and oxygen atoms in total. The van der Waals surface area contributed by atoms with Crippen molar-refractivity contribution in [1.82, 2.24) is 5.32 Å². The van der Waals surface area contributed by atoms with Gasteiger partial charge in [0.15, 0.2) is 11.5 Å². The number of aliphatic hydroxyl groups is 1. The van der Waals surface area contributed by atoms with Crippen molar-refractivity contribution >= 4 is 0 Å². The topological polar surface area (TPSA) is 61.7 Å². The van der Waals surface area contributed by atoms with Gasteiger partial charge in [-0.15, -0.1) is 0 Å². The molecule has 0 saturated heterocycles. The molecule has 1 aliphatic carbocycles. The zero-order valence-corrected chi connectivity index (χ0v) is 12.9. The van der Waals surface area contributed by atoms with Gasteiger partial charge in [0.05, 0.1) is 12.2 Å². The lowest BCUT2D eigenvalue weighted by Gasteiger charge is -2.27. The number of nitrogens with one attached hydrogen (secondary N) is 1. The van der Waals surface area contributed by atoms with Crippen molar-refractivity contribution in [3.05, 3.63) is 23.8 Å². The first-order valence-electron chi connectivity index (χ1n) is 8.01. The van der Waals surface area contributed by atoms with Gasteiger partial charge in [-0.05, 0) is 37.5 Å². The largest absolute Gasteiger partial charge is 0.504 e. The highest BCUT2D eigenvalue weighted by atomic mass is 16.5. The summed E-state index contributed by atoms with van der Waals surface area (Å²) >= 11 is 0. The van der Waals surface area contributed by atoms with E-state index in [9.17, 15) is 10.2 Å². The van der Waals surface area contributed by atoms with Gasteiger partial charge in [-0.2, -0.15) is 0 Å². The van der Waals surface area contributed by atoms with Gasteiger partial charge in [-0.3, -0.25) is 0 Å². The first-order valence-corrected chi connectivity index (χ1v) is 8.01. The molecule has 3 N–H and O–H groups in total. The van der Waals surface area contributed by atoms with Gasteiger partial charge in [-0.1, -0.05) is 31.7 Å². The van der Waals surface area contributed by atoms with Crippen LogP contribution in [0.2, 0.25) is 0 Å². The molecule has 1 aliphatic rings. The van der Waals surface area contributed by atoms with Crippen LogP contribution >= 0.6 is 0 Å². The van der Waals surface area contributed by atoms with Crippen LogP contribution in [0.4, 0.5) is 0 Å². The van der Waals surface area contributed by atoms with Gasteiger partial charge < -0.3 is 20.3 Å². The minimum Gasteiger partial charge on any atom is -0.504 e. The zero-order valence-electron chi connectivity index (χ0n) is 12.9. The van der Waals surface area contributed by atoms with Crippen LogP contribution in [-0.4, -0.2) is 29.0 Å². The molecule has 0 heterocycles. The van der Waals surface area contributed by atoms with E-state index in [1.165, 1.54) is 12.8 Å². The highest BCUT2D eigenvalue weighted by Gasteiger charge is 2.27. The predicted molar refractivity (Wildman–Crippen MR) is 83.6 cm³/mol. The van der Waals surface area contributed by atoms with Gasteiger partial charge in [0, 0.05) is 13.1 Å². The fraction of sp³-hybridized carbons (Fsp3) is 0.647. The Hall–Kier alpha value is -1.26. The van der Waals surface area contributed by atoms with Crippen LogP contribution in [0.5, 0.6) is 11.5 Å². The zero-order chi connectivity index (χ0) is 15.1. The van der Waals surface area contributed by atoms with E-state index in [1.54, 1.807) is 6.07 Å². The summed E-state index contributed by atoms with van der Waals surface area (Å²) in [6.45, 7) is 3.72. The summed E-state index contributed by atoms with van der Waals surface area (Å²) < 4.78 is 5.38. The van der Waals surface area contributed by atoms with Crippen LogP contribution in [0.1, 0.15) is 51.0 Å². The summed E-state index contributed by atoms with van der Waals surface area (Å²) in [5, 5.41) is 23.6. The molecule has 0 aliphatic heterocycles. The summed E-state index contributed by atoms with van der Waals surface area (Å²) in [5.74, 6) is 0.688. The normalized spacial score (nSPS) is 18.2. The summed E-state index contributed by atoms with van der Waals surface area (Å²) in [6.07, 6.45) is 6.48. The Morgan fingerprint density at radius 1 is 1.19 bits per heavy atom. The van der Waals surface area contributed by atoms with Crippen LogP contribution < -0.4 is 10.1 Å². The maximum atomic E-state index is 10.6. The number of phenolic OH excluding ortho intramolecular Hbond substituents is 1. The second-order valence-corrected chi connectivity index (χ2v) is 5.98. The van der Waals surface area contributed by atoms with Crippen LogP contribution in [0, 0.1) is 0 Å². The third-order valence-electron chi connectivity index (χ3n) is 4.14. The van der Waals surface area contributed by atoms with Crippen molar-refractivity contribution in [3.63, 3.8) is 0 Å². The van der Waals surface area contributed by atoms with E-state index < -0.39 is 5.60 Å². The predicted octanol–water partition coefficient (Wildman–Crippen LogP) is 2.97. The summed E-state index contributed by atoms with van der Waals surface area (Å²) in [5.41, 5.74) is 0.490. The fourth-order valence-corrected chi connectivity index (χ4v) is 2.94. The number of ether oxygens (including phenoxy) is 1. The van der Waals surface area contributed by atoms with E-state index in [-0.39, 0.29) is 5.75 Å². The monoisotopic (exact) mass is 293 g/mol. The Labute approximate surface area is 127 Å². The molecule has 0 aromatic heterocycles. The van der Waals surface area contributed by atoms with E-state index >= 15 is 0 Å². The molecule has 0 spiro atoms. The van der Waals surface area contributed by atoms with E-state index in [2.05, 4.69) is 5.32 Å². The molecular formula is C17H27NO3. The van der Waals surface area contributed by atoms with Crippen molar-refractivity contribution in [2.45, 2.75) is 57.6 Å². The molecule has 1 aromatic rings. The molecule has 0 unspecified atom stereocenters. The molecule has 4 heteroatoms. The minimum atomic E-state index is -0.559. The van der Waals surface area contributed by atoms with Crippen molar-refractivity contribution in [2.75, 3.05) is 13.2 Å². The molecule has 1 saturated carbocycles. The summed E-state index contributed by atoms with van der Waals surface area (Å²) in [6, 6.07) is 5.38. The molecule has 0 amide bonds. The van der Waals surface area contributed by atoms with Gasteiger partial charge in [0.2, 0.25) is 0 Å². The first-order chi connectivity index (χ1) is 10.1. The standard InChI is InChI=1S/C17H27NO3/c1-2-21-16-11-14(7-8-15(16)19)12-18-13-17(20)9-5-3-4-6-10-17/h7-8,11,18-20H,2-6,9-10,12-13H2,1H3. The van der Waals surface area contributed by atoms with E-state index in [0.717, 1.165) is 31.2 Å². The highest BCUT2D eigenvalue weighted by molar-refractivity contribution is 5.41. The Morgan fingerprint density at radius 3 is 2.57 bits per heavy atom. The molecule has 2 rings (SSSR count). The Bertz CT molecular complexity index is 440. The molecular weight excluding hydrogens is 266 g/mol. The van der Waals surface area contributed by atoms with Crippen LogP contribution in [0.3, 0.4) is 0 Å². The number of rotatable bonds is 6. The van der Waals surface area contributed by atoms with Crippen LogP contribution in [0.25, 0.3) is 0 Å². The lowest BCUT2D eigenvalue weighted by atomic mass is 9.94. The third-order valence-corrected chi connectivity index (χ3v) is 4.14. The molecule has 0 atom stereocenters. The lowest BCUT2D eigenvalue weighted by molar-refractivity contribution is 0.0250. The van der Waals surface area contributed by atoms with Gasteiger partial charge in [-0.25, -0.2) is 0 Å². The quantitative estimate of drug-likeness (QED) is 0.706. The average Bonchev–Trinajstić information content (AvgIpc) is 2.68. The first kappa shape index (κ1) is 16.1. The molecule has 21 heavy (non-hydrogen) atoms. The van der Waals surface area contributed by atoms with E-state index in [1.807, 2.05) is 19.1 Å². The number of hydrogen-bond acceptors (Lipinski definition) is 4. The molecule has 0 bridgehead atoms. The number of hydrogen-bond donors (Lipinski definition) is 3. The minimum absolute atomic E-state index is 0.169. The van der Waals surface area contributed by atoms with E-state index in [4.69, 9.17) is 4.74 Å². The maximum absolute atomic E-state index is 10.6. The number of aromatic hydroxyl groups is 1. The number of phenols is 1. The second-order valence-electron chi connectivity index (χ2n) is 5.98. The van der Waals surface area contributed by atoms with Crippen molar-refractivity contribution < 1.29 is 14.9 Å². The summed E-state index contributed by atoms with van der Waals surface area (Å²) in [4.78, 5) is 0.